The fourth-order valence-electron chi connectivity index (χ4n) is 1.28. The van der Waals surface area contributed by atoms with Crippen molar-refractivity contribution < 1.29 is 0 Å². The topological polar surface area (TPSA) is 0 Å². The molecule has 1 unspecified atom stereocenters. The van der Waals surface area contributed by atoms with Crippen molar-refractivity contribution in [2.24, 2.45) is 0 Å². The van der Waals surface area contributed by atoms with Crippen LogP contribution in [-0.2, 0) is 0 Å². The quantitative estimate of drug-likeness (QED) is 0.424. The molecule has 0 aliphatic carbocycles. The van der Waals surface area contributed by atoms with Crippen LogP contribution in [-0.4, -0.2) is 15.5 Å². The van der Waals surface area contributed by atoms with Gasteiger partial charge in [0.15, 0.2) is 0 Å². The molecule has 0 saturated carbocycles. The molecule has 0 N–H and O–H groups in total. The molecule has 1 aliphatic rings. The summed E-state index contributed by atoms with van der Waals surface area (Å²) < 4.78 is 0. The van der Waals surface area contributed by atoms with Crippen LogP contribution in [0.15, 0.2) is 0 Å². The van der Waals surface area contributed by atoms with Gasteiger partial charge in [-0.1, -0.05) is 30.8 Å². The Hall–Kier alpha value is 0.914. The third-order valence-corrected chi connectivity index (χ3v) is 13.7. The molecule has 0 spiro atoms. The highest BCUT2D eigenvalue weighted by atomic mass is 79.9. The minimum Gasteiger partial charge on any atom is -0.127 e. The van der Waals surface area contributed by atoms with Crippen molar-refractivity contribution in [3.63, 3.8) is 0 Å². The number of hydrogen-bond donors (Lipinski definition) is 0. The van der Waals surface area contributed by atoms with Crippen LogP contribution in [0.3, 0.4) is 0 Å². The first-order chi connectivity index (χ1) is 3.60. The molecule has 1 fully saturated rings. The van der Waals surface area contributed by atoms with Gasteiger partial charge in [-0.05, 0) is 0 Å². The van der Waals surface area contributed by atoms with Gasteiger partial charge in [-0.2, -0.15) is 0 Å². The van der Waals surface area contributed by atoms with Crippen LogP contribution < -0.4 is 0 Å². The number of rotatable bonds is 0. The van der Waals surface area contributed by atoms with E-state index in [0.29, 0.717) is 0 Å². The van der Waals surface area contributed by atoms with Crippen molar-refractivity contribution in [1.82, 2.24) is 0 Å². The van der Waals surface area contributed by atoms with Gasteiger partial charge in [-0.15, -0.1) is 15.3 Å². The Kier molecular flexibility index (Phi) is 1.99. The Morgan fingerprint density at radius 1 is 1.62 bits per heavy atom. The summed E-state index contributed by atoms with van der Waals surface area (Å²) in [5, 5.41) is 0. The Morgan fingerprint density at radius 2 is 2.25 bits per heavy atom. The summed E-state index contributed by atoms with van der Waals surface area (Å²) in [6.45, 7) is 4.17. The van der Waals surface area contributed by atoms with Crippen LogP contribution in [0.25, 0.3) is 0 Å². The molecule has 1 rings (SSSR count). The van der Waals surface area contributed by atoms with Crippen LogP contribution in [0.2, 0.25) is 30.8 Å². The van der Waals surface area contributed by atoms with Crippen LogP contribution in [0.1, 0.15) is 0 Å². The third kappa shape index (κ3) is 1.70. The van der Waals surface area contributed by atoms with E-state index < -0.39 is 6.69 Å². The Balaban J connectivity index is 2.44. The highest BCUT2D eigenvalue weighted by molar-refractivity contribution is 9.26. The van der Waals surface area contributed by atoms with Crippen molar-refractivity contribution in [3.8, 4) is 0 Å². The molecule has 1 aliphatic heterocycles. The van der Waals surface area contributed by atoms with E-state index in [1.165, 1.54) is 6.04 Å². The summed E-state index contributed by atoms with van der Waals surface area (Å²) >= 11 is 3.85. The van der Waals surface area contributed by atoms with Crippen LogP contribution >= 0.6 is 15.3 Å². The van der Waals surface area contributed by atoms with Crippen molar-refractivity contribution in [2.45, 2.75) is 30.8 Å². The van der Waals surface area contributed by atoms with E-state index in [-0.39, 0.29) is 8.80 Å². The van der Waals surface area contributed by atoms with Crippen molar-refractivity contribution in [1.29, 1.82) is 0 Å². The average molecular weight is 208 g/mol. The molecule has 1 saturated heterocycles. The summed E-state index contributed by atoms with van der Waals surface area (Å²) in [7, 11) is 0.151. The van der Waals surface area contributed by atoms with Gasteiger partial charge >= 0.3 is 0 Å². The third-order valence-electron chi connectivity index (χ3n) is 1.74. The normalized spacial score (nSPS) is 40.9. The second-order valence-electron chi connectivity index (χ2n) is 3.05. The van der Waals surface area contributed by atoms with Gasteiger partial charge in [0.2, 0.25) is 0 Å². The largest absolute Gasteiger partial charge is 0.127 e. The van der Waals surface area contributed by atoms with Gasteiger partial charge in [0.05, 0.1) is 0 Å². The molecule has 1 radical (unpaired) electrons. The molecule has 0 aromatic heterocycles. The highest BCUT2D eigenvalue weighted by Crippen LogP contribution is 2.34. The fraction of sp³-hybridized carbons (Fsp3) is 1.00. The molecule has 1 atom stereocenters. The van der Waals surface area contributed by atoms with Gasteiger partial charge in [0, 0.05) is 8.80 Å². The first-order valence-electron chi connectivity index (χ1n) is 3.10. The van der Waals surface area contributed by atoms with Gasteiger partial charge in [-0.3, -0.25) is 0 Å². The number of halogens is 1. The van der Waals surface area contributed by atoms with Gasteiger partial charge in [0.1, 0.15) is 6.69 Å². The molecule has 0 nitrogen and oxygen atoms in total. The minimum absolute atomic E-state index is 0.151. The average Bonchev–Trinajstić information content (AvgIpc) is 1.82. The molecule has 1 heterocycles. The Labute approximate surface area is 61.9 Å². The zero-order valence-electron chi connectivity index (χ0n) is 5.50. The molecular formula is C5H12BrSi2. The van der Waals surface area contributed by atoms with E-state index in [9.17, 15) is 0 Å². The number of hydrogen-bond acceptors (Lipinski definition) is 0. The zero-order valence-corrected chi connectivity index (χ0v) is 9.09. The second-order valence-corrected chi connectivity index (χ2v) is 15.9. The summed E-state index contributed by atoms with van der Waals surface area (Å²) in [5.41, 5.74) is 1.59. The smallest absolute Gasteiger partial charge is 0.124 e. The lowest BCUT2D eigenvalue weighted by molar-refractivity contribution is 1.41. The van der Waals surface area contributed by atoms with Crippen LogP contribution in [0, 0.1) is 0 Å². The maximum Gasteiger partial charge on any atom is 0.124 e. The molecule has 0 aromatic carbocycles. The summed E-state index contributed by atoms with van der Waals surface area (Å²) in [6.07, 6.45) is 0. The second kappa shape index (κ2) is 2.27. The van der Waals surface area contributed by atoms with Gasteiger partial charge in [0.25, 0.3) is 0 Å². The van der Waals surface area contributed by atoms with Crippen molar-refractivity contribution >= 4 is 30.8 Å². The van der Waals surface area contributed by atoms with E-state index in [2.05, 4.69) is 28.4 Å². The lowest BCUT2D eigenvalue weighted by Gasteiger charge is -2.08. The predicted molar refractivity (Wildman–Crippen MR) is 46.6 cm³/mol. The van der Waals surface area contributed by atoms with Gasteiger partial charge < -0.3 is 0 Å². The predicted octanol–water partition coefficient (Wildman–Crippen LogP) is 2.63. The lowest BCUT2D eigenvalue weighted by Crippen LogP contribution is -2.16. The lowest BCUT2D eigenvalue weighted by atomic mass is 10.9. The van der Waals surface area contributed by atoms with E-state index in [0.717, 1.165) is 0 Å². The molecule has 3 heteroatoms. The van der Waals surface area contributed by atoms with Crippen molar-refractivity contribution in [2.75, 3.05) is 0 Å². The summed E-state index contributed by atoms with van der Waals surface area (Å²) in [4.78, 5) is 0. The zero-order chi connectivity index (χ0) is 6.20. The maximum atomic E-state index is 3.85. The van der Waals surface area contributed by atoms with Crippen LogP contribution in [0.4, 0.5) is 0 Å². The molecule has 8 heavy (non-hydrogen) atoms. The standard InChI is InChI=1S/C5H12BrSi2/c1-7-3-4-8(2,6)5-7/h3-5H2,1-2H3. The Morgan fingerprint density at radius 3 is 2.38 bits per heavy atom. The first kappa shape index (κ1) is 7.03. The first-order valence-corrected chi connectivity index (χ1v) is 10.7. The summed E-state index contributed by atoms with van der Waals surface area (Å²) in [5.74, 6) is 0. The SMILES string of the molecule is C[Si]1CC[Si](C)(Br)C1. The van der Waals surface area contributed by atoms with Crippen LogP contribution in [0.5, 0.6) is 0 Å². The molecule has 47 valence electrons. The minimum atomic E-state index is -0.745. The van der Waals surface area contributed by atoms with Gasteiger partial charge in [-0.25, -0.2) is 0 Å². The van der Waals surface area contributed by atoms with E-state index in [1.54, 1.807) is 11.7 Å². The van der Waals surface area contributed by atoms with E-state index in [4.69, 9.17) is 0 Å². The fourth-order valence-corrected chi connectivity index (χ4v) is 17.6. The Bertz CT molecular complexity index is 92.4. The van der Waals surface area contributed by atoms with E-state index >= 15 is 0 Å². The molecular weight excluding hydrogens is 196 g/mol. The molecule has 0 bridgehead atoms. The maximum absolute atomic E-state index is 3.85. The molecule has 0 aromatic rings. The monoisotopic (exact) mass is 207 g/mol. The molecule has 0 amide bonds. The summed E-state index contributed by atoms with van der Waals surface area (Å²) in [6, 6.07) is 3.11. The highest BCUT2D eigenvalue weighted by Gasteiger charge is 2.32. The van der Waals surface area contributed by atoms with Crippen molar-refractivity contribution in [3.05, 3.63) is 0 Å². The van der Waals surface area contributed by atoms with E-state index in [1.807, 2.05) is 0 Å².